The van der Waals surface area contributed by atoms with E-state index in [9.17, 15) is 9.18 Å². The summed E-state index contributed by atoms with van der Waals surface area (Å²) in [4.78, 5) is 12.1. The van der Waals surface area contributed by atoms with Gasteiger partial charge in [-0.25, -0.2) is 4.39 Å². The van der Waals surface area contributed by atoms with Gasteiger partial charge in [-0.15, -0.1) is 10.2 Å². The van der Waals surface area contributed by atoms with Crippen molar-refractivity contribution in [3.8, 4) is 23.0 Å². The number of carbonyl (C=O) groups is 1. The third-order valence-electron chi connectivity index (χ3n) is 4.06. The van der Waals surface area contributed by atoms with Crippen molar-refractivity contribution >= 4 is 5.91 Å². The summed E-state index contributed by atoms with van der Waals surface area (Å²) in [5, 5.41) is 10.7. The minimum atomic E-state index is -0.338. The molecule has 0 saturated carbocycles. The SMILES string of the molecule is COc1ccc(CNC(=O)CCc2nnc(-c3ccc(F)cc3)o2)cc1OC. The van der Waals surface area contributed by atoms with Gasteiger partial charge in [-0.3, -0.25) is 4.79 Å². The first-order chi connectivity index (χ1) is 13.6. The molecule has 3 aromatic rings. The van der Waals surface area contributed by atoms with E-state index in [0.29, 0.717) is 41.8 Å². The van der Waals surface area contributed by atoms with Crippen LogP contribution < -0.4 is 14.8 Å². The van der Waals surface area contributed by atoms with Crippen LogP contribution in [0.4, 0.5) is 4.39 Å². The third kappa shape index (κ3) is 4.85. The lowest BCUT2D eigenvalue weighted by molar-refractivity contribution is -0.121. The Morgan fingerprint density at radius 1 is 1.07 bits per heavy atom. The number of benzene rings is 2. The average Bonchev–Trinajstić information content (AvgIpc) is 3.20. The van der Waals surface area contributed by atoms with Crippen molar-refractivity contribution < 1.29 is 23.1 Å². The quantitative estimate of drug-likeness (QED) is 0.641. The fourth-order valence-electron chi connectivity index (χ4n) is 2.56. The van der Waals surface area contributed by atoms with Crippen LogP contribution in [0, 0.1) is 5.82 Å². The molecule has 0 aliphatic heterocycles. The van der Waals surface area contributed by atoms with Crippen molar-refractivity contribution in [3.63, 3.8) is 0 Å². The fraction of sp³-hybridized carbons (Fsp3) is 0.250. The summed E-state index contributed by atoms with van der Waals surface area (Å²) in [5.74, 6) is 1.40. The van der Waals surface area contributed by atoms with E-state index in [-0.39, 0.29) is 18.1 Å². The number of carbonyl (C=O) groups excluding carboxylic acids is 1. The van der Waals surface area contributed by atoms with E-state index in [4.69, 9.17) is 13.9 Å². The van der Waals surface area contributed by atoms with Crippen LogP contribution in [0.3, 0.4) is 0 Å². The van der Waals surface area contributed by atoms with Gasteiger partial charge in [0.1, 0.15) is 5.82 Å². The van der Waals surface area contributed by atoms with E-state index in [1.807, 2.05) is 12.1 Å². The topological polar surface area (TPSA) is 86.5 Å². The van der Waals surface area contributed by atoms with Crippen LogP contribution in [0.1, 0.15) is 17.9 Å². The maximum atomic E-state index is 13.0. The minimum Gasteiger partial charge on any atom is -0.493 e. The standard InChI is InChI=1S/C20H20FN3O4/c1-26-16-8-3-13(11-17(16)27-2)12-22-18(25)9-10-19-23-24-20(28-19)14-4-6-15(21)7-5-14/h3-8,11H,9-10,12H2,1-2H3,(H,22,25). The van der Waals surface area contributed by atoms with Gasteiger partial charge in [0.2, 0.25) is 17.7 Å². The van der Waals surface area contributed by atoms with E-state index in [1.54, 1.807) is 32.4 Å². The third-order valence-corrected chi connectivity index (χ3v) is 4.06. The summed E-state index contributed by atoms with van der Waals surface area (Å²) >= 11 is 0. The van der Waals surface area contributed by atoms with E-state index < -0.39 is 0 Å². The highest BCUT2D eigenvalue weighted by atomic mass is 19.1. The first-order valence-electron chi connectivity index (χ1n) is 8.65. The molecule has 0 bridgehead atoms. The molecule has 1 amide bonds. The van der Waals surface area contributed by atoms with Crippen LogP contribution in [-0.4, -0.2) is 30.3 Å². The average molecular weight is 385 g/mol. The minimum absolute atomic E-state index is 0.142. The fourth-order valence-corrected chi connectivity index (χ4v) is 2.56. The maximum Gasteiger partial charge on any atom is 0.247 e. The molecule has 8 heteroatoms. The number of methoxy groups -OCH3 is 2. The lowest BCUT2D eigenvalue weighted by Gasteiger charge is -2.10. The van der Waals surface area contributed by atoms with E-state index in [1.165, 1.54) is 12.1 Å². The Morgan fingerprint density at radius 3 is 2.54 bits per heavy atom. The number of ether oxygens (including phenoxy) is 2. The monoisotopic (exact) mass is 385 g/mol. The van der Waals surface area contributed by atoms with Gasteiger partial charge in [-0.05, 0) is 42.0 Å². The zero-order valence-electron chi connectivity index (χ0n) is 15.6. The molecule has 1 heterocycles. The van der Waals surface area contributed by atoms with Gasteiger partial charge in [0.15, 0.2) is 11.5 Å². The molecule has 0 aliphatic rings. The molecule has 0 spiro atoms. The molecule has 0 saturated heterocycles. The molecular formula is C20H20FN3O4. The number of nitrogens with one attached hydrogen (secondary N) is 1. The van der Waals surface area contributed by atoms with Gasteiger partial charge in [-0.2, -0.15) is 0 Å². The molecule has 1 N–H and O–H groups in total. The number of hydrogen-bond acceptors (Lipinski definition) is 6. The number of aromatic nitrogens is 2. The highest BCUT2D eigenvalue weighted by Gasteiger charge is 2.11. The summed E-state index contributed by atoms with van der Waals surface area (Å²) in [6.07, 6.45) is 0.518. The lowest BCUT2D eigenvalue weighted by Crippen LogP contribution is -2.23. The maximum absolute atomic E-state index is 13.0. The molecule has 28 heavy (non-hydrogen) atoms. The van der Waals surface area contributed by atoms with E-state index >= 15 is 0 Å². The molecule has 0 radical (unpaired) electrons. The second-order valence-electron chi connectivity index (χ2n) is 5.97. The van der Waals surface area contributed by atoms with Crippen molar-refractivity contribution in [2.75, 3.05) is 14.2 Å². The van der Waals surface area contributed by atoms with Crippen LogP contribution in [0.25, 0.3) is 11.5 Å². The highest BCUT2D eigenvalue weighted by molar-refractivity contribution is 5.76. The molecule has 0 aliphatic carbocycles. The van der Waals surface area contributed by atoms with Crippen LogP contribution in [0.5, 0.6) is 11.5 Å². The molecule has 0 atom stereocenters. The second kappa shape index (κ2) is 8.98. The Balaban J connectivity index is 1.50. The summed E-state index contributed by atoms with van der Waals surface area (Å²) in [7, 11) is 3.13. The van der Waals surface area contributed by atoms with Gasteiger partial charge in [0.05, 0.1) is 14.2 Å². The smallest absolute Gasteiger partial charge is 0.247 e. The number of halogens is 1. The van der Waals surface area contributed by atoms with Crippen LogP contribution in [0.15, 0.2) is 46.9 Å². The Bertz CT molecular complexity index is 941. The van der Waals surface area contributed by atoms with Crippen LogP contribution in [-0.2, 0) is 17.8 Å². The number of aryl methyl sites for hydroxylation is 1. The Kier molecular flexibility index (Phi) is 6.21. The predicted octanol–water partition coefficient (Wildman–Crippen LogP) is 3.14. The Morgan fingerprint density at radius 2 is 1.82 bits per heavy atom. The van der Waals surface area contributed by atoms with Crippen molar-refractivity contribution in [2.45, 2.75) is 19.4 Å². The summed E-state index contributed by atoms with van der Waals surface area (Å²) in [6.45, 7) is 0.365. The Labute approximate surface area is 161 Å². The molecule has 146 valence electrons. The molecule has 0 fully saturated rings. The van der Waals surface area contributed by atoms with Gasteiger partial charge >= 0.3 is 0 Å². The van der Waals surface area contributed by atoms with Crippen LogP contribution in [0.2, 0.25) is 0 Å². The second-order valence-corrected chi connectivity index (χ2v) is 5.97. The normalized spacial score (nSPS) is 10.5. The molecule has 2 aromatic carbocycles. The zero-order valence-corrected chi connectivity index (χ0v) is 15.6. The number of hydrogen-bond donors (Lipinski definition) is 1. The number of rotatable bonds is 8. The van der Waals surface area contributed by atoms with Crippen LogP contribution >= 0.6 is 0 Å². The molecule has 0 unspecified atom stereocenters. The van der Waals surface area contributed by atoms with Gasteiger partial charge in [-0.1, -0.05) is 6.07 Å². The highest BCUT2D eigenvalue weighted by Crippen LogP contribution is 2.27. The number of amides is 1. The van der Waals surface area contributed by atoms with E-state index in [2.05, 4.69) is 15.5 Å². The molecule has 1 aromatic heterocycles. The summed E-state index contributed by atoms with van der Waals surface area (Å²) < 4.78 is 28.9. The lowest BCUT2D eigenvalue weighted by atomic mass is 10.2. The largest absolute Gasteiger partial charge is 0.493 e. The predicted molar refractivity (Wildman–Crippen MR) is 99.4 cm³/mol. The van der Waals surface area contributed by atoms with Crippen molar-refractivity contribution in [3.05, 3.63) is 59.7 Å². The van der Waals surface area contributed by atoms with Crippen molar-refractivity contribution in [2.24, 2.45) is 0 Å². The Hall–Kier alpha value is -3.42. The van der Waals surface area contributed by atoms with Gasteiger partial charge in [0.25, 0.3) is 0 Å². The first-order valence-corrected chi connectivity index (χ1v) is 8.65. The first kappa shape index (κ1) is 19.3. The van der Waals surface area contributed by atoms with Crippen molar-refractivity contribution in [1.82, 2.24) is 15.5 Å². The van der Waals surface area contributed by atoms with Crippen molar-refractivity contribution in [1.29, 1.82) is 0 Å². The van der Waals surface area contributed by atoms with Gasteiger partial charge < -0.3 is 19.2 Å². The molecule has 7 nitrogen and oxygen atoms in total. The van der Waals surface area contributed by atoms with Gasteiger partial charge in [0, 0.05) is 24.9 Å². The summed E-state index contributed by atoms with van der Waals surface area (Å²) in [5.41, 5.74) is 1.51. The van der Waals surface area contributed by atoms with E-state index in [0.717, 1.165) is 5.56 Å². The molecule has 3 rings (SSSR count). The molecular weight excluding hydrogens is 365 g/mol. The number of nitrogens with zero attached hydrogens (tertiary/aromatic N) is 2. The zero-order chi connectivity index (χ0) is 19.9. The summed E-state index contributed by atoms with van der Waals surface area (Å²) in [6, 6.07) is 11.2.